The van der Waals surface area contributed by atoms with Crippen molar-refractivity contribution in [3.8, 4) is 0 Å². The second-order valence-electron chi connectivity index (χ2n) is 5.61. The number of amides is 1. The summed E-state index contributed by atoms with van der Waals surface area (Å²) in [5, 5.41) is 0. The van der Waals surface area contributed by atoms with E-state index in [1.165, 1.54) is 25.7 Å². The summed E-state index contributed by atoms with van der Waals surface area (Å²) in [6.07, 6.45) is 5.98. The van der Waals surface area contributed by atoms with E-state index in [0.29, 0.717) is 11.8 Å². The van der Waals surface area contributed by atoms with Gasteiger partial charge in [-0.15, -0.1) is 0 Å². The molecule has 0 aliphatic heterocycles. The third-order valence-electron chi connectivity index (χ3n) is 3.43. The monoisotopic (exact) mass is 226 g/mol. The Morgan fingerprint density at radius 2 is 1.94 bits per heavy atom. The molecule has 1 aliphatic rings. The molecule has 1 fully saturated rings. The Kier molecular flexibility index (Phi) is 5.26. The number of nitrogens with two attached hydrogens (primary N) is 1. The van der Waals surface area contributed by atoms with E-state index >= 15 is 0 Å². The van der Waals surface area contributed by atoms with Gasteiger partial charge in [-0.25, -0.2) is 0 Å². The van der Waals surface area contributed by atoms with E-state index in [0.717, 1.165) is 13.0 Å². The van der Waals surface area contributed by atoms with E-state index in [1.807, 2.05) is 11.9 Å². The van der Waals surface area contributed by atoms with Gasteiger partial charge in [0.2, 0.25) is 5.91 Å². The van der Waals surface area contributed by atoms with Crippen molar-refractivity contribution in [2.24, 2.45) is 17.6 Å². The van der Waals surface area contributed by atoms with E-state index < -0.39 is 0 Å². The third-order valence-corrected chi connectivity index (χ3v) is 3.43. The lowest BCUT2D eigenvalue weighted by atomic mass is 10.0. The summed E-state index contributed by atoms with van der Waals surface area (Å²) in [6.45, 7) is 5.10. The van der Waals surface area contributed by atoms with Crippen LogP contribution in [0.1, 0.15) is 46.0 Å². The zero-order chi connectivity index (χ0) is 12.1. The average Bonchev–Trinajstić information content (AvgIpc) is 2.68. The molecule has 0 aromatic rings. The molecule has 2 N–H and O–H groups in total. The summed E-state index contributed by atoms with van der Waals surface area (Å²) < 4.78 is 0. The number of hydrogen-bond donors (Lipinski definition) is 1. The van der Waals surface area contributed by atoms with Crippen LogP contribution >= 0.6 is 0 Å². The molecule has 16 heavy (non-hydrogen) atoms. The van der Waals surface area contributed by atoms with Gasteiger partial charge >= 0.3 is 0 Å². The summed E-state index contributed by atoms with van der Waals surface area (Å²) in [4.78, 5) is 13.8. The highest BCUT2D eigenvalue weighted by molar-refractivity contribution is 5.81. The van der Waals surface area contributed by atoms with Crippen molar-refractivity contribution in [1.29, 1.82) is 0 Å². The molecule has 0 aromatic heterocycles. The first-order chi connectivity index (χ1) is 7.50. The van der Waals surface area contributed by atoms with Crippen molar-refractivity contribution in [2.75, 3.05) is 13.6 Å². The average molecular weight is 226 g/mol. The second-order valence-corrected chi connectivity index (χ2v) is 5.61. The normalized spacial score (nSPS) is 19.1. The maximum Gasteiger partial charge on any atom is 0.239 e. The molecule has 1 rings (SSSR count). The fraction of sp³-hybridized carbons (Fsp3) is 0.923. The van der Waals surface area contributed by atoms with Crippen LogP contribution in [0.25, 0.3) is 0 Å². The lowest BCUT2D eigenvalue weighted by molar-refractivity contribution is -0.132. The van der Waals surface area contributed by atoms with Gasteiger partial charge in [-0.1, -0.05) is 26.7 Å². The van der Waals surface area contributed by atoms with E-state index in [1.54, 1.807) is 0 Å². The van der Waals surface area contributed by atoms with Gasteiger partial charge in [0, 0.05) is 13.6 Å². The molecule has 3 heteroatoms. The smallest absolute Gasteiger partial charge is 0.239 e. The predicted molar refractivity (Wildman–Crippen MR) is 67.0 cm³/mol. The highest BCUT2D eigenvalue weighted by Gasteiger charge is 2.23. The SMILES string of the molecule is CC(C)C[C@H](N)C(=O)N(C)CC1CCCC1. The Hall–Kier alpha value is -0.570. The first-order valence-electron chi connectivity index (χ1n) is 6.51. The van der Waals surface area contributed by atoms with Crippen LogP contribution < -0.4 is 5.73 Å². The van der Waals surface area contributed by atoms with E-state index in [2.05, 4.69) is 13.8 Å². The first-order valence-corrected chi connectivity index (χ1v) is 6.51. The van der Waals surface area contributed by atoms with Crippen LogP contribution in [0.15, 0.2) is 0 Å². The van der Waals surface area contributed by atoms with Crippen LogP contribution in [0.3, 0.4) is 0 Å². The predicted octanol–water partition coefficient (Wildman–Crippen LogP) is 2.01. The maximum atomic E-state index is 12.0. The molecule has 1 amide bonds. The minimum atomic E-state index is -0.314. The lowest BCUT2D eigenvalue weighted by Gasteiger charge is -2.24. The zero-order valence-electron chi connectivity index (χ0n) is 10.9. The number of carbonyl (C=O) groups excluding carboxylic acids is 1. The molecule has 0 bridgehead atoms. The quantitative estimate of drug-likeness (QED) is 0.779. The molecule has 0 spiro atoms. The summed E-state index contributed by atoms with van der Waals surface area (Å²) in [5.74, 6) is 1.31. The fourth-order valence-electron chi connectivity index (χ4n) is 2.56. The number of hydrogen-bond acceptors (Lipinski definition) is 2. The minimum Gasteiger partial charge on any atom is -0.344 e. The lowest BCUT2D eigenvalue weighted by Crippen LogP contribution is -2.44. The van der Waals surface area contributed by atoms with Gasteiger partial charge in [0.1, 0.15) is 0 Å². The fourth-order valence-corrected chi connectivity index (χ4v) is 2.56. The van der Waals surface area contributed by atoms with Crippen molar-refractivity contribution in [3.63, 3.8) is 0 Å². The van der Waals surface area contributed by atoms with Gasteiger partial charge in [0.15, 0.2) is 0 Å². The van der Waals surface area contributed by atoms with Crippen LogP contribution in [0.4, 0.5) is 0 Å². The van der Waals surface area contributed by atoms with Crippen molar-refractivity contribution in [1.82, 2.24) is 4.90 Å². The van der Waals surface area contributed by atoms with Crippen molar-refractivity contribution >= 4 is 5.91 Å². The topological polar surface area (TPSA) is 46.3 Å². The molecule has 0 heterocycles. The van der Waals surface area contributed by atoms with Crippen LogP contribution in [0.5, 0.6) is 0 Å². The van der Waals surface area contributed by atoms with E-state index in [9.17, 15) is 4.79 Å². The maximum absolute atomic E-state index is 12.0. The van der Waals surface area contributed by atoms with Gasteiger partial charge in [-0.05, 0) is 31.1 Å². The van der Waals surface area contributed by atoms with Crippen LogP contribution in [-0.2, 0) is 4.79 Å². The van der Waals surface area contributed by atoms with Crippen molar-refractivity contribution in [3.05, 3.63) is 0 Å². The molecule has 1 aliphatic carbocycles. The molecule has 0 aromatic carbocycles. The van der Waals surface area contributed by atoms with Gasteiger partial charge in [-0.3, -0.25) is 4.79 Å². The molecular formula is C13H26N2O. The summed E-state index contributed by atoms with van der Waals surface area (Å²) in [5.41, 5.74) is 5.90. The van der Waals surface area contributed by atoms with Gasteiger partial charge in [0.25, 0.3) is 0 Å². The molecule has 0 saturated heterocycles. The highest BCUT2D eigenvalue weighted by atomic mass is 16.2. The summed E-state index contributed by atoms with van der Waals surface area (Å²) in [7, 11) is 1.89. The number of rotatable bonds is 5. The number of carbonyl (C=O) groups is 1. The Balaban J connectivity index is 2.33. The first kappa shape index (κ1) is 13.5. The van der Waals surface area contributed by atoms with Crippen LogP contribution in [0.2, 0.25) is 0 Å². The molecule has 3 nitrogen and oxygen atoms in total. The third kappa shape index (κ3) is 4.12. The van der Waals surface area contributed by atoms with Crippen LogP contribution in [0, 0.1) is 11.8 Å². The van der Waals surface area contributed by atoms with Gasteiger partial charge < -0.3 is 10.6 Å². The highest BCUT2D eigenvalue weighted by Crippen LogP contribution is 2.25. The van der Waals surface area contributed by atoms with E-state index in [4.69, 9.17) is 5.73 Å². The molecule has 1 atom stereocenters. The molecule has 0 radical (unpaired) electrons. The Morgan fingerprint density at radius 3 is 2.44 bits per heavy atom. The number of likely N-dealkylation sites (N-methyl/N-ethyl adjacent to an activating group) is 1. The minimum absolute atomic E-state index is 0.112. The van der Waals surface area contributed by atoms with Crippen molar-refractivity contribution in [2.45, 2.75) is 52.0 Å². The summed E-state index contributed by atoms with van der Waals surface area (Å²) in [6, 6.07) is -0.314. The Labute approximate surface area is 99.4 Å². The largest absolute Gasteiger partial charge is 0.344 e. The Morgan fingerprint density at radius 1 is 1.38 bits per heavy atom. The second kappa shape index (κ2) is 6.24. The van der Waals surface area contributed by atoms with Gasteiger partial charge in [-0.2, -0.15) is 0 Å². The molecule has 1 saturated carbocycles. The molecule has 94 valence electrons. The Bertz CT molecular complexity index is 222. The van der Waals surface area contributed by atoms with Crippen LogP contribution in [-0.4, -0.2) is 30.4 Å². The van der Waals surface area contributed by atoms with Gasteiger partial charge in [0.05, 0.1) is 6.04 Å². The molecule has 0 unspecified atom stereocenters. The summed E-state index contributed by atoms with van der Waals surface area (Å²) >= 11 is 0. The molecular weight excluding hydrogens is 200 g/mol. The standard InChI is InChI=1S/C13H26N2O/c1-10(2)8-12(14)13(16)15(3)9-11-6-4-5-7-11/h10-12H,4-9,14H2,1-3H3/t12-/m0/s1. The number of nitrogens with zero attached hydrogens (tertiary/aromatic N) is 1. The zero-order valence-corrected chi connectivity index (χ0v) is 10.9. The van der Waals surface area contributed by atoms with Crippen molar-refractivity contribution < 1.29 is 4.79 Å². The van der Waals surface area contributed by atoms with E-state index in [-0.39, 0.29) is 11.9 Å².